The average molecular weight is 162 g/mol. The summed E-state index contributed by atoms with van der Waals surface area (Å²) in [6.45, 7) is 1.97. The highest BCUT2D eigenvalue weighted by atomic mass is 15.3. The van der Waals surface area contributed by atoms with E-state index in [0.717, 1.165) is 5.69 Å². The highest BCUT2D eigenvalue weighted by Gasteiger charge is 1.73. The van der Waals surface area contributed by atoms with E-state index in [4.69, 9.17) is 0 Å². The Kier molecular flexibility index (Phi) is 3.50. The van der Waals surface area contributed by atoms with Gasteiger partial charge in [0.05, 0.1) is 6.20 Å². The van der Waals surface area contributed by atoms with Gasteiger partial charge in [0.25, 0.3) is 0 Å². The Morgan fingerprint density at radius 3 is 2.42 bits per heavy atom. The molecule has 0 saturated carbocycles. The van der Waals surface area contributed by atoms with Crippen molar-refractivity contribution >= 4 is 0 Å². The number of rotatable bonds is 0. The van der Waals surface area contributed by atoms with E-state index in [2.05, 4.69) is 20.4 Å². The van der Waals surface area contributed by atoms with Gasteiger partial charge in [0.15, 0.2) is 0 Å². The molecule has 62 valence electrons. The molecule has 2 aromatic heterocycles. The number of H-pyrrole nitrogens is 1. The van der Waals surface area contributed by atoms with Gasteiger partial charge in [-0.2, -0.15) is 0 Å². The molecule has 0 aliphatic rings. The fraction of sp³-hybridized carbons (Fsp3) is 0.125. The van der Waals surface area contributed by atoms with Gasteiger partial charge >= 0.3 is 0 Å². The second-order valence-corrected chi connectivity index (χ2v) is 2.13. The normalized spacial score (nSPS) is 8.42. The van der Waals surface area contributed by atoms with Gasteiger partial charge in [0.2, 0.25) is 0 Å². The summed E-state index contributed by atoms with van der Waals surface area (Å²) in [6, 6.07) is 5.86. The van der Waals surface area contributed by atoms with Crippen molar-refractivity contribution < 1.29 is 0 Å². The van der Waals surface area contributed by atoms with E-state index in [1.54, 1.807) is 18.6 Å². The minimum atomic E-state index is 1.07. The van der Waals surface area contributed by atoms with E-state index < -0.39 is 0 Å². The summed E-state index contributed by atoms with van der Waals surface area (Å²) < 4.78 is 0. The van der Waals surface area contributed by atoms with Gasteiger partial charge < -0.3 is 0 Å². The molecule has 0 spiro atoms. The molecule has 2 rings (SSSR count). The van der Waals surface area contributed by atoms with Crippen molar-refractivity contribution in [2.75, 3.05) is 0 Å². The Morgan fingerprint density at radius 1 is 1.25 bits per heavy atom. The summed E-state index contributed by atoms with van der Waals surface area (Å²) in [5.74, 6) is 0. The number of hydrogen-bond acceptors (Lipinski definition) is 3. The Hall–Kier alpha value is -1.71. The molecule has 0 radical (unpaired) electrons. The zero-order chi connectivity index (χ0) is 8.65. The molecule has 0 aliphatic carbocycles. The maximum atomic E-state index is 3.98. The Balaban J connectivity index is 0.000000127. The predicted octanol–water partition coefficient (Wildman–Crippen LogP) is 1.19. The van der Waals surface area contributed by atoms with Gasteiger partial charge in [0.1, 0.15) is 0 Å². The maximum Gasteiger partial charge on any atom is 0.0690 e. The first-order chi connectivity index (χ1) is 5.89. The second-order valence-electron chi connectivity index (χ2n) is 2.13. The monoisotopic (exact) mass is 162 g/mol. The van der Waals surface area contributed by atoms with Crippen LogP contribution in [0.5, 0.6) is 0 Å². The van der Waals surface area contributed by atoms with Crippen LogP contribution >= 0.6 is 0 Å². The molecule has 2 heterocycles. The highest BCUT2D eigenvalue weighted by Crippen LogP contribution is 1.85. The lowest BCUT2D eigenvalue weighted by Crippen LogP contribution is -1.72. The number of nitrogens with one attached hydrogen (secondary N) is 1. The zero-order valence-electron chi connectivity index (χ0n) is 6.81. The Labute approximate surface area is 70.7 Å². The molecular formula is C8H10N4. The van der Waals surface area contributed by atoms with Crippen LogP contribution in [0.2, 0.25) is 0 Å². The molecule has 0 saturated heterocycles. The van der Waals surface area contributed by atoms with Crippen molar-refractivity contribution in [1.82, 2.24) is 20.4 Å². The van der Waals surface area contributed by atoms with E-state index in [1.165, 1.54) is 0 Å². The third-order valence-electron chi connectivity index (χ3n) is 1.14. The predicted molar refractivity (Wildman–Crippen MR) is 45.4 cm³/mol. The number of aromatic amines is 1. The highest BCUT2D eigenvalue weighted by molar-refractivity contribution is 4.99. The standard InChI is InChI=1S/C6H7N.C2H3N3/c1-6-4-2-3-5-7-6;1-2-4-5-3-1/h2-5H,1H3;1-2H,(H,3,4,5). The minimum absolute atomic E-state index is 1.07. The largest absolute Gasteiger partial charge is 0.266 e. The lowest BCUT2D eigenvalue weighted by molar-refractivity contribution is 0.940. The summed E-state index contributed by atoms with van der Waals surface area (Å²) in [5.41, 5.74) is 1.07. The second kappa shape index (κ2) is 5.01. The molecule has 1 N–H and O–H groups in total. The molecule has 0 amide bonds. The third-order valence-corrected chi connectivity index (χ3v) is 1.14. The van der Waals surface area contributed by atoms with E-state index >= 15 is 0 Å². The van der Waals surface area contributed by atoms with Crippen LogP contribution in [0.4, 0.5) is 0 Å². The molecule has 0 unspecified atom stereocenters. The molecule has 12 heavy (non-hydrogen) atoms. The molecule has 0 fully saturated rings. The van der Waals surface area contributed by atoms with Crippen molar-refractivity contribution in [3.05, 3.63) is 42.5 Å². The van der Waals surface area contributed by atoms with Crippen molar-refractivity contribution in [2.24, 2.45) is 0 Å². The van der Waals surface area contributed by atoms with Crippen molar-refractivity contribution in [3.63, 3.8) is 0 Å². The summed E-state index contributed by atoms with van der Waals surface area (Å²) in [6.07, 6.45) is 5.02. The quantitative estimate of drug-likeness (QED) is 0.633. The van der Waals surface area contributed by atoms with Gasteiger partial charge in [0, 0.05) is 18.1 Å². The van der Waals surface area contributed by atoms with Gasteiger partial charge in [-0.15, -0.1) is 5.10 Å². The van der Waals surface area contributed by atoms with Crippen molar-refractivity contribution in [2.45, 2.75) is 6.92 Å². The SMILES string of the molecule is Cc1ccccn1.c1c[nH]nn1. The fourth-order valence-corrected chi connectivity index (χ4v) is 0.615. The number of aryl methyl sites for hydroxylation is 1. The lowest BCUT2D eigenvalue weighted by atomic mass is 10.4. The third kappa shape index (κ3) is 3.46. The molecule has 4 heteroatoms. The zero-order valence-corrected chi connectivity index (χ0v) is 6.81. The Morgan fingerprint density at radius 2 is 2.17 bits per heavy atom. The summed E-state index contributed by atoms with van der Waals surface area (Å²) in [7, 11) is 0. The summed E-state index contributed by atoms with van der Waals surface area (Å²) >= 11 is 0. The van der Waals surface area contributed by atoms with Gasteiger partial charge in [-0.25, -0.2) is 0 Å². The van der Waals surface area contributed by atoms with Crippen LogP contribution in [0.1, 0.15) is 5.69 Å². The number of pyridine rings is 1. The van der Waals surface area contributed by atoms with Crippen LogP contribution in [0.3, 0.4) is 0 Å². The van der Waals surface area contributed by atoms with Gasteiger partial charge in [-0.1, -0.05) is 11.3 Å². The van der Waals surface area contributed by atoms with Crippen LogP contribution in [0, 0.1) is 6.92 Å². The minimum Gasteiger partial charge on any atom is -0.266 e. The first kappa shape index (κ1) is 8.39. The van der Waals surface area contributed by atoms with Crippen LogP contribution in [-0.4, -0.2) is 20.4 Å². The first-order valence-corrected chi connectivity index (χ1v) is 3.57. The average Bonchev–Trinajstić information content (AvgIpc) is 2.62. The van der Waals surface area contributed by atoms with Crippen molar-refractivity contribution in [3.8, 4) is 0 Å². The molecule has 2 aromatic rings. The molecule has 0 atom stereocenters. The molecule has 0 aliphatic heterocycles. The van der Waals surface area contributed by atoms with Crippen LogP contribution < -0.4 is 0 Å². The maximum absolute atomic E-state index is 3.98. The summed E-state index contributed by atoms with van der Waals surface area (Å²) in [4.78, 5) is 3.98. The number of hydrogen-bond donors (Lipinski definition) is 1. The molecule has 4 nitrogen and oxygen atoms in total. The van der Waals surface area contributed by atoms with E-state index in [1.807, 2.05) is 25.1 Å². The van der Waals surface area contributed by atoms with Crippen LogP contribution in [-0.2, 0) is 0 Å². The first-order valence-electron chi connectivity index (χ1n) is 3.57. The molecule has 0 aromatic carbocycles. The summed E-state index contributed by atoms with van der Waals surface area (Å²) in [5, 5.41) is 9.26. The number of nitrogens with zero attached hydrogens (tertiary/aromatic N) is 3. The number of aromatic nitrogens is 4. The Bertz CT molecular complexity index is 260. The van der Waals surface area contributed by atoms with Crippen LogP contribution in [0.15, 0.2) is 36.8 Å². The fourth-order valence-electron chi connectivity index (χ4n) is 0.615. The van der Waals surface area contributed by atoms with Gasteiger partial charge in [-0.3, -0.25) is 10.1 Å². The lowest BCUT2D eigenvalue weighted by Gasteiger charge is -1.82. The van der Waals surface area contributed by atoms with E-state index in [9.17, 15) is 0 Å². The van der Waals surface area contributed by atoms with E-state index in [-0.39, 0.29) is 0 Å². The molecular weight excluding hydrogens is 152 g/mol. The van der Waals surface area contributed by atoms with Crippen LogP contribution in [0.25, 0.3) is 0 Å². The smallest absolute Gasteiger partial charge is 0.0690 e. The van der Waals surface area contributed by atoms with Gasteiger partial charge in [-0.05, 0) is 19.1 Å². The van der Waals surface area contributed by atoms with E-state index in [0.29, 0.717) is 0 Å². The molecule has 0 bridgehead atoms. The van der Waals surface area contributed by atoms with Crippen molar-refractivity contribution in [1.29, 1.82) is 0 Å². The topological polar surface area (TPSA) is 54.5 Å².